The van der Waals surface area contributed by atoms with E-state index in [-0.39, 0.29) is 5.95 Å². The number of rotatable bonds is 5. The number of anilines is 1. The van der Waals surface area contributed by atoms with Crippen LogP contribution in [0.1, 0.15) is 12.6 Å². The molecule has 0 fully saturated rings. The molecule has 0 amide bonds. The van der Waals surface area contributed by atoms with Crippen molar-refractivity contribution in [2.75, 3.05) is 32.0 Å². The van der Waals surface area contributed by atoms with Gasteiger partial charge < -0.3 is 10.2 Å². The molecule has 1 N–H and O–H groups in total. The summed E-state index contributed by atoms with van der Waals surface area (Å²) in [5.74, 6) is 0.00401. The molecule has 0 aromatic carbocycles. The van der Waals surface area contributed by atoms with Crippen LogP contribution in [-0.4, -0.2) is 41.5 Å². The van der Waals surface area contributed by atoms with E-state index in [2.05, 4.69) is 15.3 Å². The number of likely N-dealkylation sites (N-methyl/N-ethyl adjacent to an activating group) is 1. The zero-order valence-electron chi connectivity index (χ0n) is 9.75. The third-order valence-electron chi connectivity index (χ3n) is 2.26. The van der Waals surface area contributed by atoms with Crippen LogP contribution in [0.5, 0.6) is 0 Å². The van der Waals surface area contributed by atoms with E-state index < -0.39 is 11.9 Å². The van der Waals surface area contributed by atoms with E-state index in [1.54, 1.807) is 0 Å². The van der Waals surface area contributed by atoms with Crippen LogP contribution in [0.2, 0.25) is 0 Å². The fraction of sp³-hybridized carbons (Fsp3) is 0.600. The molecule has 1 aromatic rings. The van der Waals surface area contributed by atoms with Gasteiger partial charge in [0, 0.05) is 19.3 Å². The largest absolute Gasteiger partial charge is 0.433 e. The summed E-state index contributed by atoms with van der Waals surface area (Å²) in [5, 5.41) is 2.76. The van der Waals surface area contributed by atoms with Crippen LogP contribution in [0.25, 0.3) is 0 Å². The maximum absolute atomic E-state index is 12.3. The summed E-state index contributed by atoms with van der Waals surface area (Å²) in [6.45, 7) is 4.10. The van der Waals surface area contributed by atoms with Crippen LogP contribution in [0.3, 0.4) is 0 Å². The van der Waals surface area contributed by atoms with Gasteiger partial charge >= 0.3 is 6.18 Å². The normalized spacial score (nSPS) is 11.9. The number of hydrogen-bond acceptors (Lipinski definition) is 4. The highest BCUT2D eigenvalue weighted by Crippen LogP contribution is 2.27. The van der Waals surface area contributed by atoms with Gasteiger partial charge in [0.15, 0.2) is 0 Å². The predicted octanol–water partition coefficient (Wildman–Crippen LogP) is 1.86. The van der Waals surface area contributed by atoms with Crippen molar-refractivity contribution in [1.29, 1.82) is 0 Å². The zero-order valence-corrected chi connectivity index (χ0v) is 9.75. The second kappa shape index (κ2) is 5.81. The molecule has 1 aromatic heterocycles. The quantitative estimate of drug-likeness (QED) is 0.863. The molecule has 7 heteroatoms. The van der Waals surface area contributed by atoms with E-state index in [1.165, 1.54) is 0 Å². The summed E-state index contributed by atoms with van der Waals surface area (Å²) >= 11 is 0. The van der Waals surface area contributed by atoms with Crippen molar-refractivity contribution in [3.8, 4) is 0 Å². The van der Waals surface area contributed by atoms with Crippen molar-refractivity contribution < 1.29 is 13.2 Å². The molecular weight excluding hydrogens is 233 g/mol. The van der Waals surface area contributed by atoms with Gasteiger partial charge in [-0.05, 0) is 19.7 Å². The highest BCUT2D eigenvalue weighted by Gasteiger charge is 2.32. The number of alkyl halides is 3. The van der Waals surface area contributed by atoms with Crippen LogP contribution in [0, 0.1) is 0 Å². The van der Waals surface area contributed by atoms with Gasteiger partial charge in [-0.2, -0.15) is 13.2 Å². The lowest BCUT2D eigenvalue weighted by atomic mass is 10.4. The standard InChI is InChI=1S/C10H15F3N4/c1-3-17(2)7-6-15-9-14-5-4-8(16-9)10(11,12)13/h4-5H,3,6-7H2,1-2H3,(H,14,15,16). The highest BCUT2D eigenvalue weighted by atomic mass is 19.4. The predicted molar refractivity (Wildman–Crippen MR) is 58.7 cm³/mol. The van der Waals surface area contributed by atoms with E-state index in [0.717, 1.165) is 25.4 Å². The van der Waals surface area contributed by atoms with Gasteiger partial charge in [-0.3, -0.25) is 0 Å². The average molecular weight is 248 g/mol. The Morgan fingerprint density at radius 3 is 2.71 bits per heavy atom. The number of aromatic nitrogens is 2. The molecule has 0 aliphatic rings. The summed E-state index contributed by atoms with van der Waals surface area (Å²) in [7, 11) is 1.93. The maximum Gasteiger partial charge on any atom is 0.433 e. The summed E-state index contributed by atoms with van der Waals surface area (Å²) in [6.07, 6.45) is -3.33. The Labute approximate surface area is 97.9 Å². The van der Waals surface area contributed by atoms with Crippen LogP contribution < -0.4 is 5.32 Å². The van der Waals surface area contributed by atoms with Crippen molar-refractivity contribution in [3.05, 3.63) is 18.0 Å². The number of nitrogens with zero attached hydrogens (tertiary/aromatic N) is 3. The Hall–Kier alpha value is -1.37. The fourth-order valence-corrected chi connectivity index (χ4v) is 1.12. The van der Waals surface area contributed by atoms with Gasteiger partial charge in [-0.1, -0.05) is 6.92 Å². The van der Waals surface area contributed by atoms with Gasteiger partial charge in [0.25, 0.3) is 0 Å². The Bertz CT molecular complexity index is 354. The van der Waals surface area contributed by atoms with Crippen LogP contribution in [-0.2, 0) is 6.18 Å². The SMILES string of the molecule is CCN(C)CCNc1nccc(C(F)(F)F)n1. The van der Waals surface area contributed by atoms with Crippen LogP contribution in [0.15, 0.2) is 12.3 Å². The monoisotopic (exact) mass is 248 g/mol. The van der Waals surface area contributed by atoms with E-state index >= 15 is 0 Å². The Morgan fingerprint density at radius 1 is 1.41 bits per heavy atom. The molecule has 0 atom stereocenters. The third kappa shape index (κ3) is 4.56. The molecule has 0 radical (unpaired) electrons. The summed E-state index contributed by atoms with van der Waals surface area (Å²) < 4.78 is 37.0. The zero-order chi connectivity index (χ0) is 12.9. The smallest absolute Gasteiger partial charge is 0.353 e. The molecule has 0 saturated carbocycles. The first-order valence-corrected chi connectivity index (χ1v) is 5.26. The third-order valence-corrected chi connectivity index (χ3v) is 2.26. The van der Waals surface area contributed by atoms with Crippen LogP contribution in [0.4, 0.5) is 19.1 Å². The molecule has 0 spiro atoms. The molecule has 1 rings (SSSR count). The lowest BCUT2D eigenvalue weighted by Crippen LogP contribution is -2.25. The van der Waals surface area contributed by atoms with Crippen molar-refractivity contribution in [2.24, 2.45) is 0 Å². The van der Waals surface area contributed by atoms with Gasteiger partial charge in [0.05, 0.1) is 0 Å². The second-order valence-electron chi connectivity index (χ2n) is 3.59. The molecular formula is C10H15F3N4. The minimum absolute atomic E-state index is 0.00401. The first kappa shape index (κ1) is 13.7. The lowest BCUT2D eigenvalue weighted by molar-refractivity contribution is -0.141. The molecule has 4 nitrogen and oxygen atoms in total. The molecule has 0 aliphatic heterocycles. The van der Waals surface area contributed by atoms with E-state index in [9.17, 15) is 13.2 Å². The number of halogens is 3. The highest BCUT2D eigenvalue weighted by molar-refractivity contribution is 5.25. The summed E-state index contributed by atoms with van der Waals surface area (Å²) in [4.78, 5) is 9.16. The van der Waals surface area contributed by atoms with Gasteiger partial charge in [0.2, 0.25) is 5.95 Å². The topological polar surface area (TPSA) is 41.0 Å². The van der Waals surface area contributed by atoms with Crippen LogP contribution >= 0.6 is 0 Å². The van der Waals surface area contributed by atoms with Crippen molar-refractivity contribution in [2.45, 2.75) is 13.1 Å². The van der Waals surface area contributed by atoms with Crippen molar-refractivity contribution in [1.82, 2.24) is 14.9 Å². The van der Waals surface area contributed by atoms with E-state index in [1.807, 2.05) is 18.9 Å². The number of hydrogen-bond donors (Lipinski definition) is 1. The summed E-state index contributed by atoms with van der Waals surface area (Å²) in [6, 6.07) is 0.851. The van der Waals surface area contributed by atoms with Crippen molar-refractivity contribution >= 4 is 5.95 Å². The maximum atomic E-state index is 12.3. The molecule has 0 unspecified atom stereocenters. The van der Waals surface area contributed by atoms with E-state index in [4.69, 9.17) is 0 Å². The van der Waals surface area contributed by atoms with Gasteiger partial charge in [-0.25, -0.2) is 9.97 Å². The van der Waals surface area contributed by atoms with E-state index in [0.29, 0.717) is 6.54 Å². The molecule has 96 valence electrons. The minimum Gasteiger partial charge on any atom is -0.353 e. The molecule has 0 bridgehead atoms. The minimum atomic E-state index is -4.43. The van der Waals surface area contributed by atoms with Gasteiger partial charge in [-0.15, -0.1) is 0 Å². The molecule has 0 aliphatic carbocycles. The first-order chi connectivity index (χ1) is 7.93. The molecule has 1 heterocycles. The number of nitrogens with one attached hydrogen (secondary N) is 1. The Balaban J connectivity index is 2.55. The first-order valence-electron chi connectivity index (χ1n) is 5.26. The Kier molecular flexibility index (Phi) is 4.68. The summed E-state index contributed by atoms with van der Waals surface area (Å²) in [5.41, 5.74) is -0.932. The van der Waals surface area contributed by atoms with Crippen molar-refractivity contribution in [3.63, 3.8) is 0 Å². The Morgan fingerprint density at radius 2 is 2.12 bits per heavy atom. The van der Waals surface area contributed by atoms with Gasteiger partial charge in [0.1, 0.15) is 5.69 Å². The lowest BCUT2D eigenvalue weighted by Gasteiger charge is -2.14. The molecule has 0 saturated heterocycles. The second-order valence-corrected chi connectivity index (χ2v) is 3.59. The average Bonchev–Trinajstić information content (AvgIpc) is 2.28. The fourth-order valence-electron chi connectivity index (χ4n) is 1.12. The molecule has 17 heavy (non-hydrogen) atoms.